The number of fused-ring (bicyclic) bond motifs is 2. The number of aromatic hydroxyl groups is 1. The zero-order valence-electron chi connectivity index (χ0n) is 22.7. The van der Waals surface area contributed by atoms with Gasteiger partial charge in [-0.15, -0.1) is 0 Å². The van der Waals surface area contributed by atoms with Crippen molar-refractivity contribution in [2.75, 3.05) is 0 Å². The van der Waals surface area contributed by atoms with Crippen molar-refractivity contribution < 1.29 is 5.11 Å². The van der Waals surface area contributed by atoms with E-state index in [9.17, 15) is 5.11 Å². The first-order chi connectivity index (χ1) is 20.3. The fourth-order valence-corrected chi connectivity index (χ4v) is 10.7. The van der Waals surface area contributed by atoms with E-state index in [1.54, 1.807) is 0 Å². The number of phenols is 1. The third-order valence-corrected chi connectivity index (χ3v) is 12.5. The largest absolute Gasteiger partial charge is 0.507 e. The lowest BCUT2D eigenvalue weighted by Crippen LogP contribution is -2.33. The summed E-state index contributed by atoms with van der Waals surface area (Å²) in [5, 5.41) is 20.1. The standard InChI is InChI=1S/C39H29OP/c40-36-26-24-30-16-10-12-22-34(30)38(36)39-35-23-13-11-17-31(35)25-27-37(39)41(32-18-6-2-7-19-32,33-20-8-3-9-21-33)28-29-14-4-1-5-15-29/h1-27H,28H2/p+1. The molecule has 0 unspecified atom stereocenters. The number of phenolic OH excluding ortho intramolecular Hbond substituents is 1. The van der Waals surface area contributed by atoms with Gasteiger partial charge in [0.2, 0.25) is 0 Å². The molecule has 41 heavy (non-hydrogen) atoms. The second kappa shape index (κ2) is 10.7. The number of hydrogen-bond acceptors (Lipinski definition) is 1. The topological polar surface area (TPSA) is 20.2 Å². The second-order valence-electron chi connectivity index (χ2n) is 10.5. The normalized spacial score (nSPS) is 11.6. The van der Waals surface area contributed by atoms with Gasteiger partial charge in [-0.2, -0.15) is 0 Å². The molecule has 196 valence electrons. The molecule has 0 aromatic heterocycles. The van der Waals surface area contributed by atoms with E-state index in [1.807, 2.05) is 12.1 Å². The highest BCUT2D eigenvalue weighted by Crippen LogP contribution is 2.61. The molecule has 2 heteroatoms. The van der Waals surface area contributed by atoms with Crippen LogP contribution in [0, 0.1) is 0 Å². The molecule has 0 atom stereocenters. The lowest BCUT2D eigenvalue weighted by molar-refractivity contribution is 0.478. The van der Waals surface area contributed by atoms with Crippen molar-refractivity contribution in [3.8, 4) is 16.9 Å². The number of benzene rings is 7. The highest BCUT2D eigenvalue weighted by molar-refractivity contribution is 7.95. The summed E-state index contributed by atoms with van der Waals surface area (Å²) in [4.78, 5) is 0. The first-order valence-corrected chi connectivity index (χ1v) is 16.0. The minimum absolute atomic E-state index is 0.306. The van der Waals surface area contributed by atoms with Gasteiger partial charge < -0.3 is 5.11 Å². The summed E-state index contributed by atoms with van der Waals surface area (Å²) >= 11 is 0. The number of hydrogen-bond donors (Lipinski definition) is 1. The first kappa shape index (κ1) is 25.3. The molecule has 7 aromatic rings. The lowest BCUT2D eigenvalue weighted by Gasteiger charge is -2.30. The van der Waals surface area contributed by atoms with Crippen LogP contribution in [0.15, 0.2) is 164 Å². The third kappa shape index (κ3) is 4.40. The van der Waals surface area contributed by atoms with E-state index in [0.717, 1.165) is 38.8 Å². The maximum absolute atomic E-state index is 11.7. The molecule has 0 aliphatic carbocycles. The SMILES string of the molecule is Oc1ccc2ccccc2c1-c1c([P+](Cc2ccccc2)(c2ccccc2)c2ccccc2)ccc2ccccc12. The van der Waals surface area contributed by atoms with Gasteiger partial charge in [0.25, 0.3) is 0 Å². The predicted octanol–water partition coefficient (Wildman–Crippen LogP) is 8.86. The second-order valence-corrected chi connectivity index (χ2v) is 13.9. The van der Waals surface area contributed by atoms with Crippen LogP contribution in [0.4, 0.5) is 0 Å². The molecular formula is C39H30OP+. The molecule has 0 saturated heterocycles. The molecule has 0 aliphatic heterocycles. The molecule has 0 aliphatic rings. The smallest absolute Gasteiger partial charge is 0.124 e. The van der Waals surface area contributed by atoms with Crippen molar-refractivity contribution in [3.05, 3.63) is 169 Å². The molecule has 0 amide bonds. The minimum Gasteiger partial charge on any atom is -0.507 e. The summed E-state index contributed by atoms with van der Waals surface area (Å²) in [6.07, 6.45) is 0.874. The van der Waals surface area contributed by atoms with Crippen LogP contribution in [0.1, 0.15) is 5.56 Å². The summed E-state index contributed by atoms with van der Waals surface area (Å²) in [7, 11) is -2.29. The van der Waals surface area contributed by atoms with E-state index in [0.29, 0.717) is 5.75 Å². The van der Waals surface area contributed by atoms with Crippen molar-refractivity contribution in [1.29, 1.82) is 0 Å². The van der Waals surface area contributed by atoms with Crippen LogP contribution in [-0.4, -0.2) is 5.11 Å². The molecule has 1 N–H and O–H groups in total. The Morgan fingerprint density at radius 3 is 1.46 bits per heavy atom. The van der Waals surface area contributed by atoms with Gasteiger partial charge >= 0.3 is 0 Å². The van der Waals surface area contributed by atoms with Gasteiger partial charge in [0.05, 0.1) is 6.16 Å². The van der Waals surface area contributed by atoms with Gasteiger partial charge in [-0.3, -0.25) is 0 Å². The van der Waals surface area contributed by atoms with Crippen molar-refractivity contribution in [3.63, 3.8) is 0 Å². The Hall–Kier alpha value is -4.71. The van der Waals surface area contributed by atoms with E-state index in [2.05, 4.69) is 152 Å². The maximum Gasteiger partial charge on any atom is 0.124 e. The maximum atomic E-state index is 11.7. The van der Waals surface area contributed by atoms with Gasteiger partial charge in [0, 0.05) is 11.1 Å². The van der Waals surface area contributed by atoms with Gasteiger partial charge in [0.15, 0.2) is 0 Å². The average Bonchev–Trinajstić information content (AvgIpc) is 3.05. The Morgan fingerprint density at radius 2 is 0.878 bits per heavy atom. The Balaban J connectivity index is 1.69. The molecule has 1 nitrogen and oxygen atoms in total. The van der Waals surface area contributed by atoms with Crippen LogP contribution >= 0.6 is 7.26 Å². The van der Waals surface area contributed by atoms with Crippen LogP contribution in [-0.2, 0) is 6.16 Å². The van der Waals surface area contributed by atoms with Gasteiger partial charge in [0.1, 0.15) is 28.9 Å². The summed E-state index contributed by atoms with van der Waals surface area (Å²) in [5.41, 5.74) is 3.32. The molecule has 0 spiro atoms. The molecule has 0 heterocycles. The quantitative estimate of drug-likeness (QED) is 0.207. The summed E-state index contributed by atoms with van der Waals surface area (Å²) < 4.78 is 0. The Labute approximate surface area is 241 Å². The zero-order chi connectivity index (χ0) is 27.6. The summed E-state index contributed by atoms with van der Waals surface area (Å²) in [5.74, 6) is 0.306. The lowest BCUT2D eigenvalue weighted by atomic mass is 9.93. The Bertz CT molecular complexity index is 1930. The highest BCUT2D eigenvalue weighted by Gasteiger charge is 2.47. The molecule has 7 aromatic carbocycles. The zero-order valence-corrected chi connectivity index (χ0v) is 23.6. The van der Waals surface area contributed by atoms with Crippen molar-refractivity contribution in [2.24, 2.45) is 0 Å². The molecule has 0 fully saturated rings. The van der Waals surface area contributed by atoms with E-state index in [1.165, 1.54) is 21.5 Å². The van der Waals surface area contributed by atoms with Crippen molar-refractivity contribution in [2.45, 2.75) is 6.16 Å². The fourth-order valence-electron chi connectivity index (χ4n) is 6.28. The first-order valence-electron chi connectivity index (χ1n) is 14.0. The van der Waals surface area contributed by atoms with Crippen LogP contribution in [0.2, 0.25) is 0 Å². The predicted molar refractivity (Wildman–Crippen MR) is 177 cm³/mol. The number of rotatable bonds is 6. The van der Waals surface area contributed by atoms with Crippen LogP contribution in [0.25, 0.3) is 32.7 Å². The Kier molecular flexibility index (Phi) is 6.59. The van der Waals surface area contributed by atoms with Crippen LogP contribution < -0.4 is 15.9 Å². The van der Waals surface area contributed by atoms with Crippen LogP contribution in [0.3, 0.4) is 0 Å². The fraction of sp³-hybridized carbons (Fsp3) is 0.0256. The highest BCUT2D eigenvalue weighted by atomic mass is 31.2. The van der Waals surface area contributed by atoms with Gasteiger partial charge in [-0.05, 0) is 63.5 Å². The third-order valence-electron chi connectivity index (χ3n) is 8.13. The van der Waals surface area contributed by atoms with Gasteiger partial charge in [-0.1, -0.05) is 127 Å². The summed E-state index contributed by atoms with van der Waals surface area (Å²) in [6, 6.07) is 58.3. The summed E-state index contributed by atoms with van der Waals surface area (Å²) in [6.45, 7) is 0. The molecule has 0 radical (unpaired) electrons. The van der Waals surface area contributed by atoms with E-state index in [4.69, 9.17) is 0 Å². The van der Waals surface area contributed by atoms with E-state index in [-0.39, 0.29) is 0 Å². The van der Waals surface area contributed by atoms with Gasteiger partial charge in [-0.25, -0.2) is 0 Å². The Morgan fingerprint density at radius 1 is 0.415 bits per heavy atom. The average molecular weight is 546 g/mol. The molecular weight excluding hydrogens is 515 g/mol. The van der Waals surface area contributed by atoms with Crippen molar-refractivity contribution >= 4 is 44.7 Å². The van der Waals surface area contributed by atoms with E-state index < -0.39 is 7.26 Å². The molecule has 0 bridgehead atoms. The monoisotopic (exact) mass is 545 g/mol. The van der Waals surface area contributed by atoms with E-state index >= 15 is 0 Å². The molecule has 7 rings (SSSR count). The molecule has 0 saturated carbocycles. The van der Waals surface area contributed by atoms with Crippen LogP contribution in [0.5, 0.6) is 5.75 Å². The van der Waals surface area contributed by atoms with Crippen molar-refractivity contribution in [1.82, 2.24) is 0 Å². The minimum atomic E-state index is -2.29.